The topological polar surface area (TPSA) is 67.9 Å². The van der Waals surface area contributed by atoms with Gasteiger partial charge in [0.2, 0.25) is 0 Å². The van der Waals surface area contributed by atoms with Crippen molar-refractivity contribution < 1.29 is 19.1 Å². The Labute approximate surface area is 168 Å². The predicted octanol–water partition coefficient (Wildman–Crippen LogP) is 3.48. The molecule has 28 heavy (non-hydrogen) atoms. The minimum atomic E-state index is -1.13. The van der Waals surface area contributed by atoms with E-state index in [0.717, 1.165) is 5.56 Å². The van der Waals surface area contributed by atoms with Gasteiger partial charge in [-0.2, -0.15) is 0 Å². The molecular weight excluding hydrogens is 376 g/mol. The molecule has 2 amide bonds. The van der Waals surface area contributed by atoms with E-state index in [1.54, 1.807) is 49.5 Å². The maximum Gasteiger partial charge on any atom is 0.265 e. The first kappa shape index (κ1) is 18.7. The van der Waals surface area contributed by atoms with Gasteiger partial charge in [-0.25, -0.2) is 0 Å². The third-order valence-corrected chi connectivity index (χ3v) is 6.66. The van der Waals surface area contributed by atoms with Gasteiger partial charge >= 0.3 is 0 Å². The SMILES string of the molecule is COc1cccc(C(=O)N2CC(C)(C)S[C@@]23C(=O)Nc2ccc(OC)cc23)c1. The second kappa shape index (κ2) is 6.44. The Hall–Kier alpha value is -2.67. The standard InChI is InChI=1S/C21H22N2O4S/c1-20(2)12-23(18(24)13-6-5-7-14(10-13)26-3)21(28-20)16-11-15(27-4)8-9-17(16)22-19(21)25/h5-11H,12H2,1-4H3,(H,22,25)/t21-/m0/s1. The van der Waals surface area contributed by atoms with Crippen LogP contribution in [0, 0.1) is 0 Å². The fourth-order valence-corrected chi connectivity index (χ4v) is 5.52. The van der Waals surface area contributed by atoms with E-state index >= 15 is 0 Å². The van der Waals surface area contributed by atoms with Crippen molar-refractivity contribution in [2.45, 2.75) is 23.5 Å². The zero-order valence-corrected chi connectivity index (χ0v) is 17.1. The molecule has 2 aliphatic rings. The molecule has 1 fully saturated rings. The summed E-state index contributed by atoms with van der Waals surface area (Å²) < 4.78 is 10.3. The van der Waals surface area contributed by atoms with Crippen LogP contribution in [0.3, 0.4) is 0 Å². The molecule has 0 bridgehead atoms. The Kier molecular flexibility index (Phi) is 4.30. The number of carbonyl (C=O) groups is 2. The number of rotatable bonds is 3. The van der Waals surface area contributed by atoms with Crippen LogP contribution in [0.4, 0.5) is 5.69 Å². The first-order valence-electron chi connectivity index (χ1n) is 8.97. The first-order valence-corrected chi connectivity index (χ1v) is 9.78. The molecule has 0 saturated carbocycles. The Bertz CT molecular complexity index is 975. The summed E-state index contributed by atoms with van der Waals surface area (Å²) in [5, 5.41) is 2.94. The lowest BCUT2D eigenvalue weighted by atomic mass is 10.0. The van der Waals surface area contributed by atoms with Crippen LogP contribution in [-0.4, -0.2) is 42.2 Å². The van der Waals surface area contributed by atoms with E-state index in [0.29, 0.717) is 29.3 Å². The van der Waals surface area contributed by atoms with Crippen LogP contribution in [0.2, 0.25) is 0 Å². The molecule has 0 radical (unpaired) electrons. The lowest BCUT2D eigenvalue weighted by Crippen LogP contribution is -2.48. The molecule has 4 rings (SSSR count). The van der Waals surface area contributed by atoms with E-state index in [4.69, 9.17) is 9.47 Å². The number of ether oxygens (including phenoxy) is 2. The molecule has 1 spiro atoms. The van der Waals surface area contributed by atoms with Gasteiger partial charge in [0.1, 0.15) is 11.5 Å². The molecule has 2 aromatic carbocycles. The Morgan fingerprint density at radius 2 is 1.82 bits per heavy atom. The number of hydrogen-bond donors (Lipinski definition) is 1. The summed E-state index contributed by atoms with van der Waals surface area (Å²) >= 11 is 1.50. The highest BCUT2D eigenvalue weighted by atomic mass is 32.2. The Balaban J connectivity index is 1.85. The van der Waals surface area contributed by atoms with Crippen molar-refractivity contribution in [2.24, 2.45) is 0 Å². The van der Waals surface area contributed by atoms with E-state index in [2.05, 4.69) is 5.32 Å². The van der Waals surface area contributed by atoms with Crippen LogP contribution in [0.5, 0.6) is 11.5 Å². The fraction of sp³-hybridized carbons (Fsp3) is 0.333. The highest BCUT2D eigenvalue weighted by Crippen LogP contribution is 2.58. The molecule has 0 aromatic heterocycles. The molecule has 0 aliphatic carbocycles. The summed E-state index contributed by atoms with van der Waals surface area (Å²) in [5.74, 6) is 0.836. The summed E-state index contributed by atoms with van der Waals surface area (Å²) in [5.41, 5.74) is 1.95. The van der Waals surface area contributed by atoms with Gasteiger partial charge < -0.3 is 19.7 Å². The molecule has 0 unspecified atom stereocenters. The molecule has 7 heteroatoms. The number of carbonyl (C=O) groups excluding carboxylic acids is 2. The molecule has 2 aromatic rings. The van der Waals surface area contributed by atoms with Gasteiger partial charge in [-0.15, -0.1) is 11.8 Å². The van der Waals surface area contributed by atoms with Crippen molar-refractivity contribution in [1.29, 1.82) is 0 Å². The number of hydrogen-bond acceptors (Lipinski definition) is 5. The van der Waals surface area contributed by atoms with Crippen molar-refractivity contribution in [3.05, 3.63) is 53.6 Å². The van der Waals surface area contributed by atoms with Gasteiger partial charge in [0.15, 0.2) is 4.87 Å². The second-order valence-electron chi connectivity index (χ2n) is 7.49. The molecule has 146 valence electrons. The average Bonchev–Trinajstić information content (AvgIpc) is 3.14. The number of nitrogens with one attached hydrogen (secondary N) is 1. The highest BCUT2D eigenvalue weighted by molar-refractivity contribution is 8.02. The maximum absolute atomic E-state index is 13.5. The molecule has 1 saturated heterocycles. The van der Waals surface area contributed by atoms with Crippen LogP contribution in [-0.2, 0) is 9.67 Å². The number of fused-ring (bicyclic) bond motifs is 2. The number of thioether (sulfide) groups is 1. The summed E-state index contributed by atoms with van der Waals surface area (Å²) in [4.78, 5) is 27.3. The maximum atomic E-state index is 13.5. The van der Waals surface area contributed by atoms with Crippen molar-refractivity contribution in [2.75, 3.05) is 26.1 Å². The van der Waals surface area contributed by atoms with Crippen LogP contribution < -0.4 is 14.8 Å². The molecule has 2 heterocycles. The summed E-state index contributed by atoms with van der Waals surface area (Å²) in [6.07, 6.45) is 0. The van der Waals surface area contributed by atoms with E-state index in [1.807, 2.05) is 26.0 Å². The Morgan fingerprint density at radius 3 is 2.54 bits per heavy atom. The third-order valence-electron chi connectivity index (χ3n) is 5.05. The van der Waals surface area contributed by atoms with Gasteiger partial charge in [-0.05, 0) is 50.2 Å². The average molecular weight is 398 g/mol. The van der Waals surface area contributed by atoms with E-state index in [9.17, 15) is 9.59 Å². The van der Waals surface area contributed by atoms with E-state index in [1.165, 1.54) is 11.8 Å². The smallest absolute Gasteiger partial charge is 0.265 e. The largest absolute Gasteiger partial charge is 0.497 e. The minimum Gasteiger partial charge on any atom is -0.497 e. The minimum absolute atomic E-state index is 0.206. The molecule has 1 atom stereocenters. The third kappa shape index (κ3) is 2.73. The quantitative estimate of drug-likeness (QED) is 0.857. The molecule has 2 aliphatic heterocycles. The fourth-order valence-electron chi connectivity index (χ4n) is 3.84. The van der Waals surface area contributed by atoms with Crippen LogP contribution >= 0.6 is 11.8 Å². The van der Waals surface area contributed by atoms with Gasteiger partial charge in [0.25, 0.3) is 11.8 Å². The first-order chi connectivity index (χ1) is 13.3. The Morgan fingerprint density at radius 1 is 1.11 bits per heavy atom. The van der Waals surface area contributed by atoms with Gasteiger partial charge in [0, 0.05) is 28.1 Å². The lowest BCUT2D eigenvalue weighted by Gasteiger charge is -2.32. The monoisotopic (exact) mass is 398 g/mol. The van der Waals surface area contributed by atoms with Crippen molar-refractivity contribution in [3.8, 4) is 11.5 Å². The summed E-state index contributed by atoms with van der Waals surface area (Å²) in [6, 6.07) is 12.5. The zero-order chi connectivity index (χ0) is 20.1. The molecule has 6 nitrogen and oxygen atoms in total. The van der Waals surface area contributed by atoms with Crippen LogP contribution in [0.25, 0.3) is 0 Å². The van der Waals surface area contributed by atoms with E-state index in [-0.39, 0.29) is 16.6 Å². The number of anilines is 1. The van der Waals surface area contributed by atoms with Crippen LogP contribution in [0.15, 0.2) is 42.5 Å². The number of methoxy groups -OCH3 is 2. The predicted molar refractivity (Wildman–Crippen MR) is 109 cm³/mol. The zero-order valence-electron chi connectivity index (χ0n) is 16.2. The number of amides is 2. The highest BCUT2D eigenvalue weighted by Gasteiger charge is 2.61. The van der Waals surface area contributed by atoms with Gasteiger partial charge in [-0.1, -0.05) is 6.07 Å². The molecule has 1 N–H and O–H groups in total. The number of benzene rings is 2. The van der Waals surface area contributed by atoms with Crippen molar-refractivity contribution >= 4 is 29.3 Å². The van der Waals surface area contributed by atoms with Crippen molar-refractivity contribution in [3.63, 3.8) is 0 Å². The van der Waals surface area contributed by atoms with Gasteiger partial charge in [-0.3, -0.25) is 9.59 Å². The summed E-state index contributed by atoms with van der Waals surface area (Å²) in [6.45, 7) is 4.53. The lowest BCUT2D eigenvalue weighted by molar-refractivity contribution is -0.121. The van der Waals surface area contributed by atoms with Gasteiger partial charge in [0.05, 0.1) is 14.2 Å². The van der Waals surface area contributed by atoms with Crippen molar-refractivity contribution in [1.82, 2.24) is 4.90 Å². The molecular formula is C21H22N2O4S. The normalized spacial score (nSPS) is 22.1. The van der Waals surface area contributed by atoms with E-state index < -0.39 is 4.87 Å². The summed E-state index contributed by atoms with van der Waals surface area (Å²) in [7, 11) is 3.15. The second-order valence-corrected chi connectivity index (χ2v) is 9.39. The van der Waals surface area contributed by atoms with Crippen LogP contribution in [0.1, 0.15) is 29.8 Å². The number of nitrogens with zero attached hydrogens (tertiary/aromatic N) is 1.